The van der Waals surface area contributed by atoms with Crippen LogP contribution in [0.2, 0.25) is 0 Å². The lowest BCUT2D eigenvalue weighted by molar-refractivity contribution is -0.143. The van der Waals surface area contributed by atoms with Gasteiger partial charge in [0.05, 0.1) is 12.8 Å². The van der Waals surface area contributed by atoms with Crippen molar-refractivity contribution >= 4 is 44.3 Å². The number of carbonyl (C=O) groups is 2. The number of benzene rings is 4. The van der Waals surface area contributed by atoms with Crippen LogP contribution in [0.25, 0.3) is 32.3 Å². The van der Waals surface area contributed by atoms with E-state index in [4.69, 9.17) is 10.2 Å². The van der Waals surface area contributed by atoms with E-state index in [9.17, 15) is 9.59 Å². The molecule has 4 heteroatoms. The molecule has 0 spiro atoms. The molecule has 2 N–H and O–H groups in total. The molecule has 0 unspecified atom stereocenters. The monoisotopic (exact) mass is 320 g/mol. The predicted molar refractivity (Wildman–Crippen MR) is 94.7 cm³/mol. The molecule has 120 valence electrons. The van der Waals surface area contributed by atoms with E-state index in [1.165, 1.54) is 32.3 Å². The fourth-order valence-electron chi connectivity index (χ4n) is 2.88. The summed E-state index contributed by atoms with van der Waals surface area (Å²) in [7, 11) is 0. The highest BCUT2D eigenvalue weighted by Crippen LogP contribution is 2.33. The van der Waals surface area contributed by atoms with Crippen molar-refractivity contribution in [3.05, 3.63) is 60.7 Å². The molecular formula is C20H16O4. The summed E-state index contributed by atoms with van der Waals surface area (Å²) in [5.74, 6) is -2.15. The summed E-state index contributed by atoms with van der Waals surface area (Å²) in [6.45, 7) is 0. The largest absolute Gasteiger partial charge is 0.481 e. The van der Waals surface area contributed by atoms with Gasteiger partial charge in [0.1, 0.15) is 0 Å². The average Bonchev–Trinajstić information content (AvgIpc) is 2.59. The van der Waals surface area contributed by atoms with Gasteiger partial charge in [-0.2, -0.15) is 0 Å². The third-order valence-corrected chi connectivity index (χ3v) is 3.95. The van der Waals surface area contributed by atoms with Crippen molar-refractivity contribution in [1.82, 2.24) is 0 Å². The Morgan fingerprint density at radius 3 is 1.12 bits per heavy atom. The summed E-state index contributed by atoms with van der Waals surface area (Å²) in [5, 5.41) is 23.9. The molecule has 4 rings (SSSR count). The van der Waals surface area contributed by atoms with E-state index in [0.717, 1.165) is 0 Å². The highest BCUT2D eigenvalue weighted by molar-refractivity contribution is 6.22. The second kappa shape index (κ2) is 6.54. The lowest BCUT2D eigenvalue weighted by Gasteiger charge is -2.09. The Labute approximate surface area is 138 Å². The predicted octanol–water partition coefficient (Wildman–Crippen LogP) is 4.52. The first-order chi connectivity index (χ1) is 11.6. The van der Waals surface area contributed by atoms with E-state index in [2.05, 4.69) is 60.7 Å². The van der Waals surface area contributed by atoms with Crippen molar-refractivity contribution in [1.29, 1.82) is 0 Å². The maximum atomic E-state index is 9.64. The standard InChI is InChI=1S/C16H10.C4H6O4/c1-3-11-7-9-13-5-2-6-14-10-8-12(4-1)15(11)16(13)14;5-3(6)1-2-4(7)8/h1-10H;1-2H2,(H,5,6)(H,7,8). The lowest BCUT2D eigenvalue weighted by atomic mass is 9.95. The van der Waals surface area contributed by atoms with Crippen LogP contribution in [0.3, 0.4) is 0 Å². The van der Waals surface area contributed by atoms with Crippen molar-refractivity contribution in [2.45, 2.75) is 12.8 Å². The minimum absolute atomic E-state index is 0.296. The Kier molecular flexibility index (Phi) is 4.29. The average molecular weight is 320 g/mol. The van der Waals surface area contributed by atoms with Gasteiger partial charge in [-0.1, -0.05) is 60.7 Å². The maximum Gasteiger partial charge on any atom is 0.303 e. The van der Waals surface area contributed by atoms with Gasteiger partial charge >= 0.3 is 11.9 Å². The molecule has 0 bridgehead atoms. The molecule has 0 fully saturated rings. The van der Waals surface area contributed by atoms with E-state index < -0.39 is 11.9 Å². The summed E-state index contributed by atoms with van der Waals surface area (Å²) in [5.41, 5.74) is 0. The minimum atomic E-state index is -1.08. The molecule has 0 aromatic heterocycles. The molecule has 0 atom stereocenters. The van der Waals surface area contributed by atoms with Gasteiger partial charge in [-0.25, -0.2) is 0 Å². The first-order valence-electron chi connectivity index (χ1n) is 7.62. The van der Waals surface area contributed by atoms with Crippen LogP contribution < -0.4 is 0 Å². The van der Waals surface area contributed by atoms with Gasteiger partial charge in [-0.05, 0) is 32.3 Å². The molecule has 0 amide bonds. The molecule has 4 aromatic carbocycles. The van der Waals surface area contributed by atoms with Crippen LogP contribution in [-0.2, 0) is 9.59 Å². The first kappa shape index (κ1) is 15.7. The second-order valence-corrected chi connectivity index (χ2v) is 5.58. The van der Waals surface area contributed by atoms with Gasteiger partial charge in [0.25, 0.3) is 0 Å². The summed E-state index contributed by atoms with van der Waals surface area (Å²) >= 11 is 0. The molecule has 24 heavy (non-hydrogen) atoms. The third-order valence-electron chi connectivity index (χ3n) is 3.95. The van der Waals surface area contributed by atoms with E-state index in [0.29, 0.717) is 0 Å². The van der Waals surface area contributed by atoms with Crippen molar-refractivity contribution in [2.24, 2.45) is 0 Å². The molecule has 4 aromatic rings. The zero-order chi connectivity index (χ0) is 17.1. The molecule has 0 aliphatic rings. The molecule has 0 aliphatic carbocycles. The Hall–Kier alpha value is -3.14. The van der Waals surface area contributed by atoms with E-state index in [-0.39, 0.29) is 12.8 Å². The zero-order valence-electron chi connectivity index (χ0n) is 12.9. The second-order valence-electron chi connectivity index (χ2n) is 5.58. The molecule has 0 aliphatic heterocycles. The Morgan fingerprint density at radius 2 is 0.875 bits per heavy atom. The zero-order valence-corrected chi connectivity index (χ0v) is 12.9. The van der Waals surface area contributed by atoms with Gasteiger partial charge in [0.2, 0.25) is 0 Å². The molecule has 0 heterocycles. The Balaban J connectivity index is 0.000000183. The smallest absolute Gasteiger partial charge is 0.303 e. The lowest BCUT2D eigenvalue weighted by Crippen LogP contribution is -2.00. The van der Waals surface area contributed by atoms with Gasteiger partial charge in [0, 0.05) is 0 Å². The molecule has 0 radical (unpaired) electrons. The van der Waals surface area contributed by atoms with Gasteiger partial charge in [0.15, 0.2) is 0 Å². The number of hydrogen-bond donors (Lipinski definition) is 2. The fourth-order valence-corrected chi connectivity index (χ4v) is 2.88. The van der Waals surface area contributed by atoms with E-state index in [1.54, 1.807) is 0 Å². The molecule has 0 saturated heterocycles. The van der Waals surface area contributed by atoms with Crippen LogP contribution in [-0.4, -0.2) is 22.2 Å². The van der Waals surface area contributed by atoms with Crippen LogP contribution in [0.15, 0.2) is 60.7 Å². The number of hydrogen-bond acceptors (Lipinski definition) is 2. The van der Waals surface area contributed by atoms with Crippen LogP contribution in [0.4, 0.5) is 0 Å². The Morgan fingerprint density at radius 1 is 0.583 bits per heavy atom. The quantitative estimate of drug-likeness (QED) is 0.544. The molecule has 0 saturated carbocycles. The van der Waals surface area contributed by atoms with E-state index >= 15 is 0 Å². The number of carboxylic acid groups (broad SMARTS) is 2. The highest BCUT2D eigenvalue weighted by atomic mass is 16.4. The number of aliphatic carboxylic acids is 2. The first-order valence-corrected chi connectivity index (χ1v) is 7.62. The van der Waals surface area contributed by atoms with Crippen molar-refractivity contribution < 1.29 is 19.8 Å². The maximum absolute atomic E-state index is 9.64. The fraction of sp³-hybridized carbons (Fsp3) is 0.100. The topological polar surface area (TPSA) is 74.6 Å². The summed E-state index contributed by atoms with van der Waals surface area (Å²) in [6, 6.07) is 21.9. The van der Waals surface area contributed by atoms with Crippen molar-refractivity contribution in [2.75, 3.05) is 0 Å². The van der Waals surface area contributed by atoms with E-state index in [1.807, 2.05) is 0 Å². The molecule has 4 nitrogen and oxygen atoms in total. The SMILES string of the molecule is O=C(O)CCC(=O)O.c1cc2ccc3cccc4ccc(c1)c2c34. The highest BCUT2D eigenvalue weighted by Gasteiger charge is 2.06. The van der Waals surface area contributed by atoms with Crippen molar-refractivity contribution in [3.8, 4) is 0 Å². The Bertz CT molecular complexity index is 876. The summed E-state index contributed by atoms with van der Waals surface area (Å²) < 4.78 is 0. The molecular weight excluding hydrogens is 304 g/mol. The summed E-state index contributed by atoms with van der Waals surface area (Å²) in [4.78, 5) is 19.3. The van der Waals surface area contributed by atoms with Gasteiger partial charge in [-0.3, -0.25) is 9.59 Å². The van der Waals surface area contributed by atoms with Gasteiger partial charge < -0.3 is 10.2 Å². The minimum Gasteiger partial charge on any atom is -0.481 e. The number of rotatable bonds is 3. The van der Waals surface area contributed by atoms with Crippen LogP contribution >= 0.6 is 0 Å². The van der Waals surface area contributed by atoms with Crippen LogP contribution in [0.1, 0.15) is 12.8 Å². The van der Waals surface area contributed by atoms with Crippen LogP contribution in [0, 0.1) is 0 Å². The van der Waals surface area contributed by atoms with Gasteiger partial charge in [-0.15, -0.1) is 0 Å². The summed E-state index contributed by atoms with van der Waals surface area (Å²) in [6.07, 6.45) is -0.593. The van der Waals surface area contributed by atoms with Crippen molar-refractivity contribution in [3.63, 3.8) is 0 Å². The van der Waals surface area contributed by atoms with Crippen LogP contribution in [0.5, 0.6) is 0 Å². The third kappa shape index (κ3) is 3.13. The normalized spacial score (nSPS) is 10.7. The number of carboxylic acids is 2.